The van der Waals surface area contributed by atoms with Gasteiger partial charge in [-0.2, -0.15) is 0 Å². The Morgan fingerprint density at radius 2 is 1.86 bits per heavy atom. The fourth-order valence-electron chi connectivity index (χ4n) is 3.96. The Bertz CT molecular complexity index is 1510. The van der Waals surface area contributed by atoms with E-state index in [0.717, 1.165) is 22.0 Å². The number of imidazole rings is 2. The Morgan fingerprint density at radius 3 is 2.63 bits per heavy atom. The highest BCUT2D eigenvalue weighted by Gasteiger charge is 2.23. The van der Waals surface area contributed by atoms with Crippen LogP contribution in [-0.4, -0.2) is 42.8 Å². The van der Waals surface area contributed by atoms with E-state index in [-0.39, 0.29) is 17.7 Å². The van der Waals surface area contributed by atoms with E-state index in [1.165, 1.54) is 0 Å². The van der Waals surface area contributed by atoms with Gasteiger partial charge in [0.05, 0.1) is 11.0 Å². The van der Waals surface area contributed by atoms with E-state index in [2.05, 4.69) is 35.6 Å². The van der Waals surface area contributed by atoms with Crippen LogP contribution in [0.5, 0.6) is 0 Å². The summed E-state index contributed by atoms with van der Waals surface area (Å²) in [5.74, 6) is 0.492. The van der Waals surface area contributed by atoms with Crippen LogP contribution in [0, 0.1) is 5.92 Å². The summed E-state index contributed by atoms with van der Waals surface area (Å²) in [5, 5.41) is 7.69. The van der Waals surface area contributed by atoms with Crippen LogP contribution in [0.25, 0.3) is 33.3 Å². The van der Waals surface area contributed by atoms with E-state index in [9.17, 15) is 9.59 Å². The number of carbonyl (C=O) groups is 2. The molecule has 9 heteroatoms. The molecule has 0 fully saturated rings. The summed E-state index contributed by atoms with van der Waals surface area (Å²) in [6.07, 6.45) is 5.47. The third kappa shape index (κ3) is 4.89. The summed E-state index contributed by atoms with van der Waals surface area (Å²) in [5.41, 5.74) is 2.57. The molecule has 0 bridgehead atoms. The normalized spacial score (nSPS) is 12.2. The van der Waals surface area contributed by atoms with E-state index < -0.39 is 6.04 Å². The molecule has 1 atom stereocenters. The Morgan fingerprint density at radius 1 is 1.03 bits per heavy atom. The average Bonchev–Trinajstić information content (AvgIpc) is 3.52. The summed E-state index contributed by atoms with van der Waals surface area (Å²) in [7, 11) is 0. The van der Waals surface area contributed by atoms with E-state index >= 15 is 0 Å². The average molecular weight is 468 g/mol. The van der Waals surface area contributed by atoms with Gasteiger partial charge in [-0.05, 0) is 42.0 Å². The third-order valence-corrected chi connectivity index (χ3v) is 5.69. The van der Waals surface area contributed by atoms with E-state index in [1.807, 2.05) is 56.4 Å². The molecule has 35 heavy (non-hydrogen) atoms. The molecule has 0 radical (unpaired) electrons. The maximum atomic E-state index is 13.0. The molecule has 3 aromatic heterocycles. The Kier molecular flexibility index (Phi) is 5.97. The van der Waals surface area contributed by atoms with Gasteiger partial charge in [-0.1, -0.05) is 38.1 Å². The molecule has 3 heterocycles. The van der Waals surface area contributed by atoms with Gasteiger partial charge in [-0.15, -0.1) is 0 Å². The van der Waals surface area contributed by atoms with Gasteiger partial charge in [-0.3, -0.25) is 19.9 Å². The van der Waals surface area contributed by atoms with Crippen molar-refractivity contribution in [1.82, 2.24) is 30.2 Å². The van der Waals surface area contributed by atoms with Crippen LogP contribution in [0.3, 0.4) is 0 Å². The first-order valence-corrected chi connectivity index (χ1v) is 11.4. The van der Waals surface area contributed by atoms with Crippen molar-refractivity contribution in [2.75, 3.05) is 5.32 Å². The van der Waals surface area contributed by atoms with Gasteiger partial charge in [0.15, 0.2) is 5.82 Å². The molecule has 9 nitrogen and oxygen atoms in total. The fourth-order valence-corrected chi connectivity index (χ4v) is 3.96. The summed E-state index contributed by atoms with van der Waals surface area (Å²) < 4.78 is 0. The summed E-state index contributed by atoms with van der Waals surface area (Å²) in [6.45, 7) is 3.99. The Hall–Kier alpha value is -4.53. The second-order valence-electron chi connectivity index (χ2n) is 8.82. The number of nitrogens with zero attached hydrogens (tertiary/aromatic N) is 3. The van der Waals surface area contributed by atoms with Crippen molar-refractivity contribution in [1.29, 1.82) is 0 Å². The number of hydrogen-bond donors (Lipinski definition) is 4. The maximum absolute atomic E-state index is 13.0. The number of aromatic amines is 2. The highest BCUT2D eigenvalue weighted by atomic mass is 16.2. The van der Waals surface area contributed by atoms with Gasteiger partial charge >= 0.3 is 0 Å². The molecule has 2 aromatic carbocycles. The number of aromatic nitrogens is 5. The summed E-state index contributed by atoms with van der Waals surface area (Å²) >= 11 is 0. The van der Waals surface area contributed by atoms with Crippen LogP contribution in [0.4, 0.5) is 5.95 Å². The summed E-state index contributed by atoms with van der Waals surface area (Å²) in [4.78, 5) is 45.1. The number of hydrogen-bond acceptors (Lipinski definition) is 5. The second kappa shape index (κ2) is 9.38. The van der Waals surface area contributed by atoms with E-state index in [1.54, 1.807) is 24.5 Å². The number of anilines is 1. The SMILES string of the molecule is CC(C)C[C@H](NC(=O)c1ccc2[nH]c(-c3cc4ccccc4cn3)nc2c1)C(=O)Nc1ncc[nH]1. The topological polar surface area (TPSA) is 128 Å². The summed E-state index contributed by atoms with van der Waals surface area (Å²) in [6, 6.07) is 14.5. The lowest BCUT2D eigenvalue weighted by molar-refractivity contribution is -0.118. The van der Waals surface area contributed by atoms with Crippen molar-refractivity contribution in [3.63, 3.8) is 0 Å². The molecule has 5 aromatic rings. The monoisotopic (exact) mass is 467 g/mol. The highest BCUT2D eigenvalue weighted by Crippen LogP contribution is 2.23. The quantitative estimate of drug-likeness (QED) is 0.284. The van der Waals surface area contributed by atoms with Crippen LogP contribution < -0.4 is 10.6 Å². The molecular formula is C26H25N7O2. The molecule has 0 saturated carbocycles. The van der Waals surface area contributed by atoms with Crippen LogP contribution in [0.15, 0.2) is 67.1 Å². The zero-order valence-corrected chi connectivity index (χ0v) is 19.4. The molecule has 0 aliphatic carbocycles. The highest BCUT2D eigenvalue weighted by molar-refractivity contribution is 6.02. The molecule has 0 spiro atoms. The molecule has 2 amide bonds. The number of amides is 2. The van der Waals surface area contributed by atoms with Crippen LogP contribution in [-0.2, 0) is 4.79 Å². The minimum atomic E-state index is -0.708. The minimum absolute atomic E-state index is 0.202. The van der Waals surface area contributed by atoms with Crippen molar-refractivity contribution < 1.29 is 9.59 Å². The lowest BCUT2D eigenvalue weighted by atomic mass is 10.0. The van der Waals surface area contributed by atoms with E-state index in [4.69, 9.17) is 0 Å². The molecule has 0 aliphatic rings. The van der Waals surface area contributed by atoms with Crippen molar-refractivity contribution in [3.8, 4) is 11.5 Å². The number of carbonyl (C=O) groups excluding carboxylic acids is 2. The first-order valence-electron chi connectivity index (χ1n) is 11.4. The lowest BCUT2D eigenvalue weighted by Gasteiger charge is -2.19. The largest absolute Gasteiger partial charge is 0.340 e. The third-order valence-electron chi connectivity index (χ3n) is 5.69. The smallest absolute Gasteiger partial charge is 0.252 e. The number of fused-ring (bicyclic) bond motifs is 2. The lowest BCUT2D eigenvalue weighted by Crippen LogP contribution is -2.44. The van der Waals surface area contributed by atoms with Crippen LogP contribution in [0.2, 0.25) is 0 Å². The van der Waals surface area contributed by atoms with Gasteiger partial charge in [0.2, 0.25) is 11.9 Å². The van der Waals surface area contributed by atoms with Gasteiger partial charge in [0, 0.05) is 29.5 Å². The van der Waals surface area contributed by atoms with Gasteiger partial charge in [0.25, 0.3) is 5.91 Å². The zero-order valence-electron chi connectivity index (χ0n) is 19.4. The number of nitrogens with one attached hydrogen (secondary N) is 4. The van der Waals surface area contributed by atoms with Crippen molar-refractivity contribution >= 4 is 39.6 Å². The van der Waals surface area contributed by atoms with Gasteiger partial charge in [0.1, 0.15) is 11.7 Å². The van der Waals surface area contributed by atoms with Crippen molar-refractivity contribution in [3.05, 3.63) is 72.7 Å². The first-order chi connectivity index (χ1) is 17.0. The first kappa shape index (κ1) is 22.3. The number of rotatable bonds is 7. The molecular weight excluding hydrogens is 442 g/mol. The number of benzene rings is 2. The minimum Gasteiger partial charge on any atom is -0.340 e. The number of H-pyrrole nitrogens is 2. The van der Waals surface area contributed by atoms with Crippen LogP contribution >= 0.6 is 0 Å². The van der Waals surface area contributed by atoms with Gasteiger partial charge < -0.3 is 15.3 Å². The van der Waals surface area contributed by atoms with E-state index in [0.29, 0.717) is 29.3 Å². The Labute approximate surface area is 201 Å². The molecule has 176 valence electrons. The predicted molar refractivity (Wildman–Crippen MR) is 135 cm³/mol. The van der Waals surface area contributed by atoms with Crippen LogP contribution in [0.1, 0.15) is 30.6 Å². The number of pyridine rings is 1. The maximum Gasteiger partial charge on any atom is 0.252 e. The predicted octanol–water partition coefficient (Wildman–Crippen LogP) is 4.28. The van der Waals surface area contributed by atoms with Gasteiger partial charge in [-0.25, -0.2) is 9.97 Å². The Balaban J connectivity index is 1.37. The molecule has 0 aliphatic heterocycles. The standard InChI is InChI=1S/C26H25N7O2/c1-15(2)11-22(25(35)33-26-27-9-10-28-26)32-24(34)17-7-8-19-20(13-17)31-23(30-19)21-12-16-5-3-4-6-18(16)14-29-21/h3-10,12-15,22H,11H2,1-2H3,(H,30,31)(H,32,34)(H2,27,28,33,35)/t22-/m0/s1. The molecule has 4 N–H and O–H groups in total. The molecule has 0 saturated heterocycles. The zero-order chi connectivity index (χ0) is 24.4. The molecule has 0 unspecified atom stereocenters. The van der Waals surface area contributed by atoms with Crippen molar-refractivity contribution in [2.45, 2.75) is 26.3 Å². The van der Waals surface area contributed by atoms with Crippen molar-refractivity contribution in [2.24, 2.45) is 5.92 Å². The fraction of sp³-hybridized carbons (Fsp3) is 0.192. The molecule has 5 rings (SSSR count). The second-order valence-corrected chi connectivity index (χ2v) is 8.82.